The number of anilines is 1. The van der Waals surface area contributed by atoms with Crippen LogP contribution in [0.1, 0.15) is 11.1 Å². The molecule has 3 aromatic rings. The van der Waals surface area contributed by atoms with E-state index in [0.717, 1.165) is 14.8 Å². The number of para-hydroxylation sites is 1. The molecule has 1 heterocycles. The summed E-state index contributed by atoms with van der Waals surface area (Å²) in [5.74, 6) is 0.763. The summed E-state index contributed by atoms with van der Waals surface area (Å²) in [7, 11) is 1.55. The van der Waals surface area contributed by atoms with E-state index in [0.29, 0.717) is 53.3 Å². The van der Waals surface area contributed by atoms with E-state index < -0.39 is 0 Å². The molecule has 1 saturated heterocycles. The van der Waals surface area contributed by atoms with E-state index in [2.05, 4.69) is 45.7 Å². The fourth-order valence-electron chi connectivity index (χ4n) is 4.04. The van der Waals surface area contributed by atoms with Gasteiger partial charge in [0.05, 0.1) is 10.7 Å². The van der Waals surface area contributed by atoms with Gasteiger partial charge in [-0.25, -0.2) is 0 Å². The summed E-state index contributed by atoms with van der Waals surface area (Å²) in [5.41, 5.74) is 2.67. The van der Waals surface area contributed by atoms with E-state index in [9.17, 15) is 10.1 Å². The highest BCUT2D eigenvalue weighted by molar-refractivity contribution is 14.1. The van der Waals surface area contributed by atoms with Gasteiger partial charge in [0, 0.05) is 47.5 Å². The van der Waals surface area contributed by atoms with Crippen LogP contribution in [0.4, 0.5) is 5.69 Å². The van der Waals surface area contributed by atoms with Crippen molar-refractivity contribution < 1.29 is 14.3 Å². The van der Waals surface area contributed by atoms with Crippen molar-refractivity contribution >= 4 is 63.5 Å². The first-order valence-corrected chi connectivity index (χ1v) is 13.4. The minimum Gasteiger partial charge on any atom is -0.493 e. The third kappa shape index (κ3) is 6.69. The maximum atomic E-state index is 13.1. The maximum absolute atomic E-state index is 13.1. The second-order valence-electron chi connectivity index (χ2n) is 8.34. The number of methoxy groups -OCH3 is 1. The lowest BCUT2D eigenvalue weighted by molar-refractivity contribution is -0.126. The molecule has 0 atom stereocenters. The van der Waals surface area contributed by atoms with Crippen LogP contribution in [0.25, 0.3) is 6.08 Å². The second-order valence-corrected chi connectivity index (χ2v) is 10.3. The van der Waals surface area contributed by atoms with Crippen LogP contribution in [-0.2, 0) is 11.4 Å². The van der Waals surface area contributed by atoms with Crippen molar-refractivity contribution in [2.45, 2.75) is 6.61 Å². The van der Waals surface area contributed by atoms with E-state index in [1.54, 1.807) is 36.3 Å². The standard InChI is InChI=1S/C28H24Cl2IN3O3/c1-36-26-15-19(14-25(31)27(26)37-18-20-7-8-22(29)16-24(20)30)13-21(17-32)28(35)34-11-9-33(10-12-34)23-5-3-2-4-6-23/h2-8,13-16H,9-12,18H2,1H3/b21-13-. The molecule has 9 heteroatoms. The average Bonchev–Trinajstić information content (AvgIpc) is 2.92. The Morgan fingerprint density at radius 1 is 1.08 bits per heavy atom. The molecule has 1 aliphatic rings. The quantitative estimate of drug-likeness (QED) is 0.168. The fraction of sp³-hybridized carbons (Fsp3) is 0.214. The number of nitrogens with zero attached hydrogens (tertiary/aromatic N) is 3. The Labute approximate surface area is 240 Å². The molecule has 0 spiro atoms. The van der Waals surface area contributed by atoms with Crippen LogP contribution in [0.3, 0.4) is 0 Å². The minimum absolute atomic E-state index is 0.0765. The van der Waals surface area contributed by atoms with E-state index in [-0.39, 0.29) is 18.1 Å². The Hall–Kier alpha value is -2.93. The number of hydrogen-bond donors (Lipinski definition) is 0. The molecule has 0 aliphatic carbocycles. The number of carbonyl (C=O) groups is 1. The number of rotatable bonds is 7. The molecule has 0 unspecified atom stereocenters. The Balaban J connectivity index is 1.47. The first kappa shape index (κ1) is 27.1. The van der Waals surface area contributed by atoms with Gasteiger partial charge in [-0.2, -0.15) is 5.26 Å². The second kappa shape index (κ2) is 12.5. The van der Waals surface area contributed by atoms with E-state index >= 15 is 0 Å². The third-order valence-corrected chi connectivity index (χ3v) is 7.38. The Bertz CT molecular complexity index is 1350. The highest BCUT2D eigenvalue weighted by Gasteiger charge is 2.24. The maximum Gasteiger partial charge on any atom is 0.264 e. The molecule has 37 heavy (non-hydrogen) atoms. The Morgan fingerprint density at radius 2 is 1.81 bits per heavy atom. The third-order valence-electron chi connectivity index (χ3n) is 5.99. The molecule has 0 bridgehead atoms. The molecular formula is C28H24Cl2IN3O3. The summed E-state index contributed by atoms with van der Waals surface area (Å²) < 4.78 is 12.3. The number of nitriles is 1. The number of hydrogen-bond acceptors (Lipinski definition) is 5. The van der Waals surface area contributed by atoms with Gasteiger partial charge >= 0.3 is 0 Å². The lowest BCUT2D eigenvalue weighted by Gasteiger charge is -2.36. The van der Waals surface area contributed by atoms with Crippen LogP contribution < -0.4 is 14.4 Å². The average molecular weight is 648 g/mol. The number of piperazine rings is 1. The van der Waals surface area contributed by atoms with Crippen molar-refractivity contribution in [1.82, 2.24) is 4.90 Å². The molecule has 0 N–H and O–H groups in total. The molecule has 1 fully saturated rings. The predicted octanol–water partition coefficient (Wildman–Crippen LogP) is 6.44. The molecule has 0 aromatic heterocycles. The first-order chi connectivity index (χ1) is 17.9. The summed E-state index contributed by atoms with van der Waals surface area (Å²) >= 11 is 14.4. The monoisotopic (exact) mass is 647 g/mol. The summed E-state index contributed by atoms with van der Waals surface area (Å²) in [5, 5.41) is 10.8. The first-order valence-electron chi connectivity index (χ1n) is 11.5. The molecule has 6 nitrogen and oxygen atoms in total. The van der Waals surface area contributed by atoms with Gasteiger partial charge in [-0.15, -0.1) is 0 Å². The molecule has 3 aromatic carbocycles. The lowest BCUT2D eigenvalue weighted by atomic mass is 10.1. The zero-order chi connectivity index (χ0) is 26.4. The normalized spacial score (nSPS) is 13.8. The number of benzene rings is 3. The van der Waals surface area contributed by atoms with E-state index in [1.165, 1.54) is 0 Å². The van der Waals surface area contributed by atoms with Crippen molar-refractivity contribution in [2.24, 2.45) is 0 Å². The topological polar surface area (TPSA) is 65.8 Å². The van der Waals surface area contributed by atoms with Gasteiger partial charge in [0.15, 0.2) is 11.5 Å². The molecule has 1 amide bonds. The summed E-state index contributed by atoms with van der Waals surface area (Å²) in [6.45, 7) is 2.75. The van der Waals surface area contributed by atoms with Gasteiger partial charge in [0.2, 0.25) is 0 Å². The smallest absolute Gasteiger partial charge is 0.264 e. The van der Waals surface area contributed by atoms with Crippen LogP contribution >= 0.6 is 45.8 Å². The zero-order valence-corrected chi connectivity index (χ0v) is 23.8. The summed E-state index contributed by atoms with van der Waals surface area (Å²) in [6.07, 6.45) is 1.59. The van der Waals surface area contributed by atoms with Crippen LogP contribution in [0, 0.1) is 14.9 Å². The molecular weight excluding hydrogens is 624 g/mol. The number of amides is 1. The molecule has 190 valence electrons. The van der Waals surface area contributed by atoms with Crippen LogP contribution in [0.15, 0.2) is 66.2 Å². The minimum atomic E-state index is -0.276. The van der Waals surface area contributed by atoms with E-state index in [4.69, 9.17) is 32.7 Å². The van der Waals surface area contributed by atoms with Crippen LogP contribution in [-0.4, -0.2) is 44.1 Å². The van der Waals surface area contributed by atoms with Gasteiger partial charge in [-0.3, -0.25) is 4.79 Å². The van der Waals surface area contributed by atoms with Crippen LogP contribution in [0.2, 0.25) is 10.0 Å². The van der Waals surface area contributed by atoms with Crippen molar-refractivity contribution in [3.8, 4) is 17.6 Å². The summed E-state index contributed by atoms with van der Waals surface area (Å²) in [6, 6.07) is 21.0. The van der Waals surface area contributed by atoms with Gasteiger partial charge < -0.3 is 19.3 Å². The predicted molar refractivity (Wildman–Crippen MR) is 155 cm³/mol. The lowest BCUT2D eigenvalue weighted by Crippen LogP contribution is -2.49. The summed E-state index contributed by atoms with van der Waals surface area (Å²) in [4.78, 5) is 17.1. The molecule has 1 aliphatic heterocycles. The molecule has 0 saturated carbocycles. The zero-order valence-electron chi connectivity index (χ0n) is 20.1. The SMILES string of the molecule is COc1cc(/C=C(/C#N)C(=O)N2CCN(c3ccccc3)CC2)cc(I)c1OCc1ccc(Cl)cc1Cl. The number of carbonyl (C=O) groups excluding carboxylic acids is 1. The van der Waals surface area contributed by atoms with Gasteiger partial charge in [0.25, 0.3) is 5.91 Å². The Kier molecular flexibility index (Phi) is 9.19. The Morgan fingerprint density at radius 3 is 2.46 bits per heavy atom. The highest BCUT2D eigenvalue weighted by Crippen LogP contribution is 2.36. The van der Waals surface area contributed by atoms with Gasteiger partial charge in [0.1, 0.15) is 18.2 Å². The van der Waals surface area contributed by atoms with Crippen molar-refractivity contribution in [3.05, 3.63) is 91.0 Å². The fourth-order valence-corrected chi connectivity index (χ4v) is 5.28. The number of halogens is 3. The van der Waals surface area contributed by atoms with Gasteiger partial charge in [-0.1, -0.05) is 47.5 Å². The van der Waals surface area contributed by atoms with Crippen molar-refractivity contribution in [1.29, 1.82) is 5.26 Å². The largest absolute Gasteiger partial charge is 0.493 e. The van der Waals surface area contributed by atoms with Crippen LogP contribution in [0.5, 0.6) is 11.5 Å². The van der Waals surface area contributed by atoms with E-state index in [1.807, 2.05) is 30.3 Å². The number of ether oxygens (including phenoxy) is 2. The molecule has 0 radical (unpaired) electrons. The molecule has 4 rings (SSSR count). The highest BCUT2D eigenvalue weighted by atomic mass is 127. The van der Waals surface area contributed by atoms with Crippen molar-refractivity contribution in [2.75, 3.05) is 38.2 Å². The van der Waals surface area contributed by atoms with Crippen molar-refractivity contribution in [3.63, 3.8) is 0 Å². The van der Waals surface area contributed by atoms with Gasteiger partial charge in [-0.05, 0) is 70.6 Å².